The Bertz CT molecular complexity index is 311. The van der Waals surface area contributed by atoms with Gasteiger partial charge in [0.1, 0.15) is 12.7 Å². The van der Waals surface area contributed by atoms with Crippen LogP contribution in [0.15, 0.2) is 12.4 Å². The number of nitrogens with zero attached hydrogens (tertiary/aromatic N) is 3. The third-order valence-corrected chi connectivity index (χ3v) is 3.75. The molecule has 17 heavy (non-hydrogen) atoms. The highest BCUT2D eigenvalue weighted by molar-refractivity contribution is 5.69. The van der Waals surface area contributed by atoms with E-state index in [0.717, 1.165) is 25.9 Å². The monoisotopic (exact) mass is 239 g/mol. The molecule has 0 aromatic heterocycles. The van der Waals surface area contributed by atoms with Crippen LogP contribution in [-0.2, 0) is 4.79 Å². The third-order valence-electron chi connectivity index (χ3n) is 3.75. The highest BCUT2D eigenvalue weighted by atomic mass is 16.4. The number of carboxylic acid groups (broad SMARTS) is 1. The van der Waals surface area contributed by atoms with E-state index in [9.17, 15) is 4.79 Å². The maximum atomic E-state index is 10.8. The zero-order valence-corrected chi connectivity index (χ0v) is 10.5. The molecule has 0 amide bonds. The van der Waals surface area contributed by atoms with E-state index < -0.39 is 5.97 Å². The standard InChI is InChI=1S/C12H21N3O2/c1-13-5-3-10(4-6-13)12-14(2)7-8-15(12)9-11(16)17/h7-8,10,12H,3-6,9H2,1-2H3,(H,16,17). The molecule has 0 radical (unpaired) electrons. The van der Waals surface area contributed by atoms with Crippen LogP contribution in [0.1, 0.15) is 12.8 Å². The summed E-state index contributed by atoms with van der Waals surface area (Å²) in [7, 11) is 4.17. The summed E-state index contributed by atoms with van der Waals surface area (Å²) in [5, 5.41) is 8.92. The van der Waals surface area contributed by atoms with E-state index in [2.05, 4.69) is 16.8 Å². The molecule has 0 bridgehead atoms. The summed E-state index contributed by atoms with van der Waals surface area (Å²) in [5.74, 6) is -0.201. The predicted octanol–water partition coefficient (Wildman–Crippen LogP) is 0.457. The number of hydrogen-bond acceptors (Lipinski definition) is 4. The van der Waals surface area contributed by atoms with Crippen molar-refractivity contribution in [3.8, 4) is 0 Å². The Morgan fingerprint density at radius 3 is 2.53 bits per heavy atom. The van der Waals surface area contributed by atoms with Crippen molar-refractivity contribution in [3.05, 3.63) is 12.4 Å². The second-order valence-corrected chi connectivity index (χ2v) is 5.08. The fraction of sp³-hybridized carbons (Fsp3) is 0.750. The molecule has 1 fully saturated rings. The molecule has 1 unspecified atom stereocenters. The van der Waals surface area contributed by atoms with Gasteiger partial charge in [0.05, 0.1) is 0 Å². The largest absolute Gasteiger partial charge is 0.480 e. The molecule has 1 atom stereocenters. The van der Waals surface area contributed by atoms with Crippen molar-refractivity contribution >= 4 is 5.97 Å². The fourth-order valence-corrected chi connectivity index (χ4v) is 2.83. The predicted molar refractivity (Wildman–Crippen MR) is 65.3 cm³/mol. The van der Waals surface area contributed by atoms with Crippen molar-refractivity contribution in [2.24, 2.45) is 5.92 Å². The zero-order valence-electron chi connectivity index (χ0n) is 10.5. The van der Waals surface area contributed by atoms with Crippen molar-refractivity contribution in [1.29, 1.82) is 0 Å². The molecule has 5 heteroatoms. The normalized spacial score (nSPS) is 26.8. The minimum atomic E-state index is -0.761. The first-order chi connectivity index (χ1) is 8.08. The number of carbonyl (C=O) groups is 1. The fourth-order valence-electron chi connectivity index (χ4n) is 2.83. The molecule has 0 aromatic rings. The highest BCUT2D eigenvalue weighted by Crippen LogP contribution is 2.28. The van der Waals surface area contributed by atoms with Gasteiger partial charge in [0, 0.05) is 25.4 Å². The summed E-state index contributed by atoms with van der Waals surface area (Å²) in [6.45, 7) is 2.31. The van der Waals surface area contributed by atoms with Crippen LogP contribution in [0.25, 0.3) is 0 Å². The van der Waals surface area contributed by atoms with Gasteiger partial charge >= 0.3 is 5.97 Å². The van der Waals surface area contributed by atoms with Crippen molar-refractivity contribution in [1.82, 2.24) is 14.7 Å². The molecule has 0 saturated carbocycles. The number of hydrogen-bond donors (Lipinski definition) is 1. The van der Waals surface area contributed by atoms with Crippen molar-refractivity contribution in [3.63, 3.8) is 0 Å². The van der Waals surface area contributed by atoms with Crippen LogP contribution in [0, 0.1) is 5.92 Å². The Labute approximate surface area is 102 Å². The molecule has 0 aliphatic carbocycles. The molecule has 0 spiro atoms. The summed E-state index contributed by atoms with van der Waals surface area (Å²) in [6.07, 6.45) is 6.38. The lowest BCUT2D eigenvalue weighted by molar-refractivity contribution is -0.138. The molecule has 96 valence electrons. The Morgan fingerprint density at radius 1 is 1.29 bits per heavy atom. The minimum absolute atomic E-state index is 0.0951. The lowest BCUT2D eigenvalue weighted by Crippen LogP contribution is -2.48. The number of rotatable bonds is 3. The molecule has 1 N–H and O–H groups in total. The molecule has 2 aliphatic rings. The van der Waals surface area contributed by atoms with Crippen molar-refractivity contribution < 1.29 is 9.90 Å². The van der Waals surface area contributed by atoms with Crippen LogP contribution in [0.3, 0.4) is 0 Å². The first-order valence-electron chi connectivity index (χ1n) is 6.14. The number of aliphatic carboxylic acids is 1. The van der Waals surface area contributed by atoms with Gasteiger partial charge in [0.25, 0.3) is 0 Å². The minimum Gasteiger partial charge on any atom is -0.480 e. The number of likely N-dealkylation sites (tertiary alicyclic amines) is 1. The third kappa shape index (κ3) is 2.72. The first kappa shape index (κ1) is 12.2. The van der Waals surface area contributed by atoms with Gasteiger partial charge in [-0.2, -0.15) is 0 Å². The van der Waals surface area contributed by atoms with Gasteiger partial charge in [-0.05, 0) is 33.0 Å². The molecule has 5 nitrogen and oxygen atoms in total. The molecular formula is C12H21N3O2. The van der Waals surface area contributed by atoms with E-state index >= 15 is 0 Å². The van der Waals surface area contributed by atoms with Crippen LogP contribution < -0.4 is 0 Å². The smallest absolute Gasteiger partial charge is 0.323 e. The van der Waals surface area contributed by atoms with Crippen LogP contribution >= 0.6 is 0 Å². The van der Waals surface area contributed by atoms with Gasteiger partial charge in [-0.1, -0.05) is 0 Å². The summed E-state index contributed by atoms with van der Waals surface area (Å²) in [4.78, 5) is 17.3. The second kappa shape index (κ2) is 4.96. The molecule has 0 aromatic carbocycles. The zero-order chi connectivity index (χ0) is 12.4. The number of carboxylic acids is 1. The number of piperidine rings is 1. The van der Waals surface area contributed by atoms with Crippen molar-refractivity contribution in [2.45, 2.75) is 19.0 Å². The maximum Gasteiger partial charge on any atom is 0.323 e. The SMILES string of the molecule is CN1CCC(C2N(C)C=CN2CC(=O)O)CC1. The van der Waals surface area contributed by atoms with Gasteiger partial charge in [-0.15, -0.1) is 0 Å². The Morgan fingerprint density at radius 2 is 1.94 bits per heavy atom. The van der Waals surface area contributed by atoms with E-state index in [4.69, 9.17) is 5.11 Å². The van der Waals surface area contributed by atoms with Gasteiger partial charge in [-0.3, -0.25) is 4.79 Å². The summed E-state index contributed by atoms with van der Waals surface area (Å²) < 4.78 is 0. The highest BCUT2D eigenvalue weighted by Gasteiger charge is 2.34. The van der Waals surface area contributed by atoms with Gasteiger partial charge < -0.3 is 19.8 Å². The van der Waals surface area contributed by atoms with Gasteiger partial charge in [-0.25, -0.2) is 0 Å². The quantitative estimate of drug-likeness (QED) is 0.775. The topological polar surface area (TPSA) is 47.0 Å². The van der Waals surface area contributed by atoms with Gasteiger partial charge in [0.2, 0.25) is 0 Å². The average Bonchev–Trinajstić information content (AvgIpc) is 2.61. The molecule has 2 rings (SSSR count). The average molecular weight is 239 g/mol. The first-order valence-corrected chi connectivity index (χ1v) is 6.14. The van der Waals surface area contributed by atoms with Crippen LogP contribution in [0.4, 0.5) is 0 Å². The van der Waals surface area contributed by atoms with E-state index in [1.807, 2.05) is 24.3 Å². The Hall–Kier alpha value is -1.23. The van der Waals surface area contributed by atoms with E-state index in [0.29, 0.717) is 5.92 Å². The van der Waals surface area contributed by atoms with Gasteiger partial charge in [0.15, 0.2) is 0 Å². The Kier molecular flexibility index (Phi) is 3.57. The lowest BCUT2D eigenvalue weighted by Gasteiger charge is -2.40. The second-order valence-electron chi connectivity index (χ2n) is 5.08. The van der Waals surface area contributed by atoms with E-state index in [-0.39, 0.29) is 12.7 Å². The molecular weight excluding hydrogens is 218 g/mol. The Balaban J connectivity index is 1.99. The molecule has 1 saturated heterocycles. The lowest BCUT2D eigenvalue weighted by atomic mass is 9.93. The molecule has 2 heterocycles. The van der Waals surface area contributed by atoms with Crippen LogP contribution in [-0.4, -0.2) is 65.7 Å². The summed E-state index contributed by atoms with van der Waals surface area (Å²) in [5.41, 5.74) is 0. The van der Waals surface area contributed by atoms with Crippen molar-refractivity contribution in [2.75, 3.05) is 33.7 Å². The molecule has 2 aliphatic heterocycles. The summed E-state index contributed by atoms with van der Waals surface area (Å²) >= 11 is 0. The van der Waals surface area contributed by atoms with Crippen LogP contribution in [0.2, 0.25) is 0 Å². The summed E-state index contributed by atoms with van der Waals surface area (Å²) in [6, 6.07) is 0. The maximum absolute atomic E-state index is 10.8. The van der Waals surface area contributed by atoms with Crippen LogP contribution in [0.5, 0.6) is 0 Å². The van der Waals surface area contributed by atoms with E-state index in [1.165, 1.54) is 0 Å². The van der Waals surface area contributed by atoms with E-state index in [1.54, 1.807) is 0 Å².